The van der Waals surface area contributed by atoms with Crippen LogP contribution in [0.3, 0.4) is 0 Å². The van der Waals surface area contributed by atoms with Crippen molar-refractivity contribution >= 4 is 17.4 Å². The van der Waals surface area contributed by atoms with Crippen molar-refractivity contribution in [2.75, 3.05) is 23.4 Å². The maximum absolute atomic E-state index is 9.32. The molecule has 2 aliphatic heterocycles. The number of anilines is 1. The Morgan fingerprint density at radius 2 is 2.40 bits per heavy atom. The molecule has 1 N–H and O–H groups in total. The number of nitrogens with one attached hydrogen (secondary N) is 1. The molecule has 2 atom stereocenters. The fourth-order valence-corrected chi connectivity index (χ4v) is 4.55. The molecule has 0 amide bonds. The highest BCUT2D eigenvalue weighted by Gasteiger charge is 2.40. The molecule has 2 unspecified atom stereocenters. The average Bonchev–Trinajstić information content (AvgIpc) is 2.87. The highest BCUT2D eigenvalue weighted by molar-refractivity contribution is 7.99. The lowest BCUT2D eigenvalue weighted by Gasteiger charge is -2.38. The molecule has 106 valence electrons. The molecule has 0 saturated carbocycles. The van der Waals surface area contributed by atoms with Gasteiger partial charge >= 0.3 is 0 Å². The number of nitriles is 1. The van der Waals surface area contributed by atoms with E-state index >= 15 is 0 Å². The van der Waals surface area contributed by atoms with Crippen LogP contribution in [0.2, 0.25) is 0 Å². The van der Waals surface area contributed by atoms with Crippen LogP contribution >= 0.6 is 11.8 Å². The summed E-state index contributed by atoms with van der Waals surface area (Å²) < 4.78 is 6.05. The lowest BCUT2D eigenvalue weighted by molar-refractivity contribution is -0.0628. The van der Waals surface area contributed by atoms with Crippen LogP contribution in [0, 0.1) is 18.3 Å². The molecular weight excluding hydrogens is 268 g/mol. The van der Waals surface area contributed by atoms with Gasteiger partial charge in [-0.2, -0.15) is 17.0 Å². The molecule has 1 aromatic rings. The molecule has 20 heavy (non-hydrogen) atoms. The molecule has 1 aromatic carbocycles. The molecule has 2 fully saturated rings. The van der Waals surface area contributed by atoms with E-state index in [2.05, 4.69) is 11.4 Å². The van der Waals surface area contributed by atoms with Gasteiger partial charge in [0.05, 0.1) is 16.9 Å². The van der Waals surface area contributed by atoms with Crippen molar-refractivity contribution in [3.63, 3.8) is 0 Å². The Hall–Kier alpha value is -1.18. The van der Waals surface area contributed by atoms with Crippen molar-refractivity contribution in [2.45, 2.75) is 37.8 Å². The van der Waals surface area contributed by atoms with Crippen molar-refractivity contribution in [3.8, 4) is 6.07 Å². The lowest BCUT2D eigenvalue weighted by atomic mass is 9.89. The smallest absolute Gasteiger partial charge is 0.102 e. The molecule has 0 radical (unpaired) electrons. The first-order chi connectivity index (χ1) is 9.72. The Bertz CT molecular complexity index is 532. The van der Waals surface area contributed by atoms with E-state index in [-0.39, 0.29) is 5.60 Å². The van der Waals surface area contributed by atoms with Crippen LogP contribution in [-0.2, 0) is 4.74 Å². The van der Waals surface area contributed by atoms with Gasteiger partial charge in [0.2, 0.25) is 0 Å². The van der Waals surface area contributed by atoms with Gasteiger partial charge < -0.3 is 10.1 Å². The first-order valence-electron chi connectivity index (χ1n) is 7.20. The molecule has 2 saturated heterocycles. The lowest BCUT2D eigenvalue weighted by Crippen LogP contribution is -2.44. The Morgan fingerprint density at radius 1 is 1.50 bits per heavy atom. The van der Waals surface area contributed by atoms with E-state index in [4.69, 9.17) is 4.74 Å². The predicted molar refractivity (Wildman–Crippen MR) is 83.2 cm³/mol. The third-order valence-corrected chi connectivity index (χ3v) is 5.53. The molecule has 0 bridgehead atoms. The summed E-state index contributed by atoms with van der Waals surface area (Å²) in [7, 11) is 0. The molecule has 1 spiro atoms. The number of thioether (sulfide) groups is 1. The van der Waals surface area contributed by atoms with Crippen LogP contribution in [0.5, 0.6) is 0 Å². The standard InChI is InChI=1S/C16H20N2OS/c1-12-3-2-4-15(14(12)10-17)18-13-5-7-19-16(9-13)6-8-20-11-16/h2-4,13,18H,5-9,11H2,1H3. The van der Waals surface area contributed by atoms with Gasteiger partial charge in [-0.05, 0) is 43.6 Å². The number of benzene rings is 1. The van der Waals surface area contributed by atoms with Crippen LogP contribution in [0.25, 0.3) is 0 Å². The highest BCUT2D eigenvalue weighted by Crippen LogP contribution is 2.39. The number of rotatable bonds is 2. The minimum Gasteiger partial charge on any atom is -0.381 e. The Morgan fingerprint density at radius 3 is 3.15 bits per heavy atom. The van der Waals surface area contributed by atoms with Crippen LogP contribution in [0.1, 0.15) is 30.4 Å². The second-order valence-corrected chi connectivity index (χ2v) is 6.88. The quantitative estimate of drug-likeness (QED) is 0.906. The fraction of sp³-hybridized carbons (Fsp3) is 0.562. The normalized spacial score (nSPS) is 29.3. The summed E-state index contributed by atoms with van der Waals surface area (Å²) in [5.41, 5.74) is 2.86. The zero-order valence-electron chi connectivity index (χ0n) is 11.8. The maximum atomic E-state index is 9.32. The van der Waals surface area contributed by atoms with Gasteiger partial charge in [-0.15, -0.1) is 0 Å². The van der Waals surface area contributed by atoms with E-state index in [0.717, 1.165) is 48.4 Å². The Balaban J connectivity index is 1.75. The number of ether oxygens (including phenoxy) is 1. The van der Waals surface area contributed by atoms with E-state index in [9.17, 15) is 5.26 Å². The van der Waals surface area contributed by atoms with E-state index in [1.165, 1.54) is 5.75 Å². The molecule has 3 nitrogen and oxygen atoms in total. The predicted octanol–water partition coefficient (Wildman–Crippen LogP) is 3.33. The summed E-state index contributed by atoms with van der Waals surface area (Å²) in [6.45, 7) is 2.81. The highest BCUT2D eigenvalue weighted by atomic mass is 32.2. The van der Waals surface area contributed by atoms with E-state index in [1.54, 1.807) is 0 Å². The van der Waals surface area contributed by atoms with E-state index < -0.39 is 0 Å². The van der Waals surface area contributed by atoms with Crippen molar-refractivity contribution in [2.24, 2.45) is 0 Å². The summed E-state index contributed by atoms with van der Waals surface area (Å²) >= 11 is 1.99. The summed E-state index contributed by atoms with van der Waals surface area (Å²) in [5.74, 6) is 2.32. The van der Waals surface area contributed by atoms with E-state index in [0.29, 0.717) is 6.04 Å². The Labute approximate surface area is 124 Å². The molecular formula is C16H20N2OS. The number of aryl methyl sites for hydroxylation is 1. The van der Waals surface area contributed by atoms with Crippen molar-refractivity contribution < 1.29 is 4.74 Å². The maximum Gasteiger partial charge on any atom is 0.102 e. The molecule has 0 aromatic heterocycles. The number of hydrogen-bond donors (Lipinski definition) is 1. The van der Waals surface area contributed by atoms with Crippen LogP contribution in [0.4, 0.5) is 5.69 Å². The summed E-state index contributed by atoms with van der Waals surface area (Å²) in [6, 6.07) is 8.74. The Kier molecular flexibility index (Phi) is 3.91. The van der Waals surface area contributed by atoms with Gasteiger partial charge in [0.15, 0.2) is 0 Å². The molecule has 2 heterocycles. The van der Waals surface area contributed by atoms with Gasteiger partial charge in [0.1, 0.15) is 6.07 Å². The minimum absolute atomic E-state index is 0.0806. The SMILES string of the molecule is Cc1cccc(NC2CCOC3(CCSC3)C2)c1C#N. The van der Waals surface area contributed by atoms with Crippen molar-refractivity contribution in [1.82, 2.24) is 0 Å². The molecule has 2 aliphatic rings. The second-order valence-electron chi connectivity index (χ2n) is 5.78. The molecule has 3 rings (SSSR count). The first-order valence-corrected chi connectivity index (χ1v) is 8.36. The van der Waals surface area contributed by atoms with Gasteiger partial charge in [-0.1, -0.05) is 12.1 Å². The van der Waals surface area contributed by atoms with Crippen LogP contribution < -0.4 is 5.32 Å². The van der Waals surface area contributed by atoms with Crippen LogP contribution in [-0.4, -0.2) is 29.8 Å². The van der Waals surface area contributed by atoms with Crippen LogP contribution in [0.15, 0.2) is 18.2 Å². The minimum atomic E-state index is 0.0806. The largest absolute Gasteiger partial charge is 0.381 e. The third-order valence-electron chi connectivity index (χ3n) is 4.30. The second kappa shape index (κ2) is 5.67. The topological polar surface area (TPSA) is 45.0 Å². The summed E-state index contributed by atoms with van der Waals surface area (Å²) in [6.07, 6.45) is 3.23. The fourth-order valence-electron chi connectivity index (χ4n) is 3.17. The zero-order valence-corrected chi connectivity index (χ0v) is 12.6. The van der Waals surface area contributed by atoms with Crippen molar-refractivity contribution in [3.05, 3.63) is 29.3 Å². The summed E-state index contributed by atoms with van der Waals surface area (Å²) in [5, 5.41) is 12.9. The van der Waals surface area contributed by atoms with E-state index in [1.807, 2.05) is 36.9 Å². The van der Waals surface area contributed by atoms with Gasteiger partial charge in [-0.25, -0.2) is 0 Å². The first kappa shape index (κ1) is 13.8. The van der Waals surface area contributed by atoms with Gasteiger partial charge in [0, 0.05) is 18.4 Å². The third kappa shape index (κ3) is 2.65. The average molecular weight is 288 g/mol. The molecule has 4 heteroatoms. The number of nitrogens with zero attached hydrogens (tertiary/aromatic N) is 1. The molecule has 0 aliphatic carbocycles. The van der Waals surface area contributed by atoms with Gasteiger partial charge in [-0.3, -0.25) is 0 Å². The monoisotopic (exact) mass is 288 g/mol. The zero-order chi connectivity index (χ0) is 14.0. The van der Waals surface area contributed by atoms with Gasteiger partial charge in [0.25, 0.3) is 0 Å². The van der Waals surface area contributed by atoms with Crippen molar-refractivity contribution in [1.29, 1.82) is 5.26 Å². The number of hydrogen-bond acceptors (Lipinski definition) is 4. The summed E-state index contributed by atoms with van der Waals surface area (Å²) in [4.78, 5) is 0.